The van der Waals surface area contributed by atoms with Crippen molar-refractivity contribution < 1.29 is 10.2 Å². The largest absolute Gasteiger partial charge is 0.505 e. The summed E-state index contributed by atoms with van der Waals surface area (Å²) in [5, 5.41) is 22.9. The Bertz CT molecular complexity index is 981. The Labute approximate surface area is 126 Å². The maximum Gasteiger partial charge on any atom is 0.151 e. The summed E-state index contributed by atoms with van der Waals surface area (Å²) in [5.74, 6) is 0.159. The van der Waals surface area contributed by atoms with Crippen LogP contribution in [0.1, 0.15) is 11.6 Å². The third-order valence-corrected chi connectivity index (χ3v) is 4.00. The molecule has 3 aromatic carbocycles. The zero-order valence-corrected chi connectivity index (χ0v) is 11.8. The van der Waals surface area contributed by atoms with E-state index in [0.29, 0.717) is 28.0 Å². The van der Waals surface area contributed by atoms with Gasteiger partial charge < -0.3 is 10.2 Å². The van der Waals surface area contributed by atoms with Gasteiger partial charge in [-0.25, -0.2) is 0 Å². The van der Waals surface area contributed by atoms with Crippen LogP contribution in [-0.2, 0) is 0 Å². The van der Waals surface area contributed by atoms with Crippen LogP contribution in [-0.4, -0.2) is 16.8 Å². The van der Waals surface area contributed by atoms with Crippen molar-refractivity contribution in [3.05, 3.63) is 70.9 Å². The van der Waals surface area contributed by atoms with Crippen LogP contribution in [0.25, 0.3) is 10.8 Å². The maximum atomic E-state index is 10.5. The van der Waals surface area contributed by atoms with Gasteiger partial charge in [-0.2, -0.15) is 0 Å². The van der Waals surface area contributed by atoms with E-state index in [0.717, 1.165) is 5.56 Å². The Morgan fingerprint density at radius 2 is 1.36 bits per heavy atom. The molecule has 0 bridgehead atoms. The van der Waals surface area contributed by atoms with Crippen LogP contribution < -0.4 is 10.7 Å². The van der Waals surface area contributed by atoms with E-state index in [-0.39, 0.29) is 17.5 Å². The Hall–Kier alpha value is -2.88. The lowest BCUT2D eigenvalue weighted by Crippen LogP contribution is -2.32. The van der Waals surface area contributed by atoms with Gasteiger partial charge in [0.25, 0.3) is 0 Å². The molecule has 1 aliphatic heterocycles. The van der Waals surface area contributed by atoms with E-state index in [1.54, 1.807) is 12.1 Å². The fourth-order valence-electron chi connectivity index (χ4n) is 2.88. The van der Waals surface area contributed by atoms with E-state index in [1.165, 1.54) is 0 Å². The molecule has 1 atom stereocenters. The smallest absolute Gasteiger partial charge is 0.151 e. The Balaban J connectivity index is 2.02. The second kappa shape index (κ2) is 4.84. The average Bonchev–Trinajstić information content (AvgIpc) is 2.60. The Morgan fingerprint density at radius 1 is 0.773 bits per heavy atom. The minimum Gasteiger partial charge on any atom is -0.505 e. The minimum absolute atomic E-state index is 0.0766. The molecule has 0 saturated carbocycles. The lowest BCUT2D eigenvalue weighted by atomic mass is 10.0. The van der Waals surface area contributed by atoms with E-state index in [4.69, 9.17) is 0 Å². The lowest BCUT2D eigenvalue weighted by molar-refractivity contribution is 0.450. The van der Waals surface area contributed by atoms with Gasteiger partial charge in [0.2, 0.25) is 0 Å². The zero-order chi connectivity index (χ0) is 15.1. The second-order valence-electron chi connectivity index (χ2n) is 5.34. The molecule has 1 heterocycles. The molecule has 0 aromatic heterocycles. The summed E-state index contributed by atoms with van der Waals surface area (Å²) >= 11 is 0. The molecule has 3 aromatic rings. The van der Waals surface area contributed by atoms with Gasteiger partial charge in [-0.05, 0) is 5.56 Å². The molecule has 1 unspecified atom stereocenters. The summed E-state index contributed by atoms with van der Waals surface area (Å²) in [6.07, 6.45) is 0. The monoisotopic (exact) mass is 290 g/mol. The molecule has 0 amide bonds. The molecule has 1 aliphatic rings. The first-order valence-corrected chi connectivity index (χ1v) is 7.15. The summed E-state index contributed by atoms with van der Waals surface area (Å²) in [4.78, 5) is 9.08. The van der Waals surface area contributed by atoms with E-state index in [9.17, 15) is 10.2 Å². The van der Waals surface area contributed by atoms with Gasteiger partial charge >= 0.3 is 0 Å². The van der Waals surface area contributed by atoms with Crippen LogP contribution in [0.4, 0.5) is 0 Å². The van der Waals surface area contributed by atoms with Crippen molar-refractivity contribution in [1.82, 2.24) is 0 Å². The summed E-state index contributed by atoms with van der Waals surface area (Å²) in [6.45, 7) is 0.461. The van der Waals surface area contributed by atoms with Gasteiger partial charge in [0, 0.05) is 10.8 Å². The minimum atomic E-state index is -0.139. The number of aromatic hydroxyl groups is 2. The molecule has 0 radical (unpaired) electrons. The highest BCUT2D eigenvalue weighted by molar-refractivity contribution is 5.92. The Morgan fingerprint density at radius 3 is 2.05 bits per heavy atom. The molecule has 4 rings (SSSR count). The fraction of sp³-hybridized carbons (Fsp3) is 0.111. The maximum absolute atomic E-state index is 10.5. The second-order valence-corrected chi connectivity index (χ2v) is 5.34. The summed E-state index contributed by atoms with van der Waals surface area (Å²) in [5.41, 5.74) is 1.05. The first-order valence-electron chi connectivity index (χ1n) is 7.15. The number of phenolic OH excluding ortho intramolecular Hbond substituents is 2. The molecule has 4 nitrogen and oxygen atoms in total. The molecule has 4 heteroatoms. The van der Waals surface area contributed by atoms with Crippen LogP contribution >= 0.6 is 0 Å². The van der Waals surface area contributed by atoms with E-state index < -0.39 is 0 Å². The standard InChI is InChI=1S/C18H14N2O2/c21-17-12-8-4-5-9-13(12)18(22)16-15(17)19-10-14(20-16)11-6-2-1-3-7-11/h1-9,14,21-22H,10H2. The van der Waals surface area contributed by atoms with Crippen molar-refractivity contribution in [1.29, 1.82) is 0 Å². The van der Waals surface area contributed by atoms with Gasteiger partial charge in [0.1, 0.15) is 10.7 Å². The summed E-state index contributed by atoms with van der Waals surface area (Å²) in [6, 6.07) is 16.9. The number of phenols is 2. The zero-order valence-electron chi connectivity index (χ0n) is 11.8. The van der Waals surface area contributed by atoms with Crippen molar-refractivity contribution >= 4 is 10.8 Å². The number of hydrogen-bond acceptors (Lipinski definition) is 4. The van der Waals surface area contributed by atoms with Crippen molar-refractivity contribution in [3.8, 4) is 11.5 Å². The van der Waals surface area contributed by atoms with Gasteiger partial charge in [-0.15, -0.1) is 0 Å². The third-order valence-electron chi connectivity index (χ3n) is 4.00. The predicted molar refractivity (Wildman–Crippen MR) is 83.6 cm³/mol. The third kappa shape index (κ3) is 1.84. The van der Waals surface area contributed by atoms with Crippen LogP contribution in [0.3, 0.4) is 0 Å². The molecule has 0 aliphatic carbocycles. The summed E-state index contributed by atoms with van der Waals surface area (Å²) in [7, 11) is 0. The van der Waals surface area contributed by atoms with E-state index in [2.05, 4.69) is 9.98 Å². The van der Waals surface area contributed by atoms with Gasteiger partial charge in [-0.1, -0.05) is 54.6 Å². The topological polar surface area (TPSA) is 65.2 Å². The number of fused-ring (bicyclic) bond motifs is 2. The van der Waals surface area contributed by atoms with Crippen LogP contribution in [0, 0.1) is 0 Å². The van der Waals surface area contributed by atoms with Crippen LogP contribution in [0.5, 0.6) is 11.5 Å². The fourth-order valence-corrected chi connectivity index (χ4v) is 2.88. The van der Waals surface area contributed by atoms with Crippen molar-refractivity contribution in [2.75, 3.05) is 6.54 Å². The van der Waals surface area contributed by atoms with Gasteiger partial charge in [0.15, 0.2) is 11.5 Å². The molecule has 108 valence electrons. The van der Waals surface area contributed by atoms with Gasteiger partial charge in [0.05, 0.1) is 12.6 Å². The van der Waals surface area contributed by atoms with Crippen molar-refractivity contribution in [2.24, 2.45) is 9.98 Å². The van der Waals surface area contributed by atoms with Gasteiger partial charge in [-0.3, -0.25) is 9.98 Å². The molecule has 2 N–H and O–H groups in total. The lowest BCUT2D eigenvalue weighted by Gasteiger charge is -2.15. The van der Waals surface area contributed by atoms with Crippen molar-refractivity contribution in [3.63, 3.8) is 0 Å². The summed E-state index contributed by atoms with van der Waals surface area (Å²) < 4.78 is 0. The highest BCUT2D eigenvalue weighted by atomic mass is 16.3. The first-order chi connectivity index (χ1) is 10.8. The number of benzene rings is 3. The number of rotatable bonds is 1. The highest BCUT2D eigenvalue weighted by Gasteiger charge is 2.18. The number of hydrogen-bond donors (Lipinski definition) is 2. The average molecular weight is 290 g/mol. The van der Waals surface area contributed by atoms with Crippen molar-refractivity contribution in [2.45, 2.75) is 6.04 Å². The molecular formula is C18H14N2O2. The molecule has 0 saturated heterocycles. The van der Waals surface area contributed by atoms with Crippen LogP contribution in [0.2, 0.25) is 0 Å². The van der Waals surface area contributed by atoms with E-state index >= 15 is 0 Å². The Kier molecular flexibility index (Phi) is 2.82. The number of nitrogens with zero attached hydrogens (tertiary/aromatic N) is 2. The van der Waals surface area contributed by atoms with Crippen LogP contribution in [0.15, 0.2) is 64.6 Å². The molecular weight excluding hydrogens is 276 g/mol. The molecule has 0 fully saturated rings. The quantitative estimate of drug-likeness (QED) is 0.675. The highest BCUT2D eigenvalue weighted by Crippen LogP contribution is 2.27. The SMILES string of the molecule is Oc1c2c(c(O)c3ccccc13)=NC(c1ccccc1)CN=2. The first kappa shape index (κ1) is 12.8. The molecule has 0 spiro atoms. The normalized spacial score (nSPS) is 16.6. The van der Waals surface area contributed by atoms with E-state index in [1.807, 2.05) is 42.5 Å². The predicted octanol–water partition coefficient (Wildman–Crippen LogP) is 2.25. The molecule has 22 heavy (non-hydrogen) atoms.